The highest BCUT2D eigenvalue weighted by Gasteiger charge is 2.36. The maximum atomic E-state index is 12.4. The fourth-order valence-corrected chi connectivity index (χ4v) is 2.09. The van der Waals surface area contributed by atoms with Crippen LogP contribution in [0, 0.1) is 0 Å². The van der Waals surface area contributed by atoms with Crippen molar-refractivity contribution >= 4 is 11.6 Å². The number of nitrogens with zero attached hydrogens (tertiary/aromatic N) is 1. The topological polar surface area (TPSA) is 46.3 Å². The second kappa shape index (κ2) is 4.61. The van der Waals surface area contributed by atoms with E-state index >= 15 is 0 Å². The second-order valence-electron chi connectivity index (χ2n) is 4.26. The van der Waals surface area contributed by atoms with E-state index in [1.807, 2.05) is 0 Å². The molecule has 0 fully saturated rings. The Kier molecular flexibility index (Phi) is 3.30. The van der Waals surface area contributed by atoms with Crippen LogP contribution in [0.15, 0.2) is 18.2 Å². The van der Waals surface area contributed by atoms with Gasteiger partial charge < -0.3 is 10.6 Å². The minimum Gasteiger partial charge on any atom is -0.326 e. The first-order chi connectivity index (χ1) is 8.40. The van der Waals surface area contributed by atoms with Gasteiger partial charge in [0.15, 0.2) is 0 Å². The summed E-state index contributed by atoms with van der Waals surface area (Å²) in [5.41, 5.74) is 7.44. The number of anilines is 1. The number of benzene rings is 1. The van der Waals surface area contributed by atoms with Crippen LogP contribution in [0.25, 0.3) is 0 Å². The van der Waals surface area contributed by atoms with Gasteiger partial charge in [0.05, 0.1) is 0 Å². The molecule has 3 nitrogen and oxygen atoms in total. The second-order valence-corrected chi connectivity index (χ2v) is 4.26. The van der Waals surface area contributed by atoms with E-state index in [1.165, 1.54) is 0 Å². The maximum Gasteiger partial charge on any atom is 0.406 e. The molecule has 0 aromatic heterocycles. The number of aryl methyl sites for hydroxylation is 1. The normalized spacial score (nSPS) is 15.8. The molecule has 0 radical (unpaired) electrons. The van der Waals surface area contributed by atoms with Crippen LogP contribution in [0.4, 0.5) is 18.9 Å². The predicted molar refractivity (Wildman–Crippen MR) is 61.1 cm³/mol. The molecular formula is C12H13F3N2O. The Morgan fingerprint density at radius 3 is 2.61 bits per heavy atom. The Morgan fingerprint density at radius 1 is 1.28 bits per heavy atom. The summed E-state index contributed by atoms with van der Waals surface area (Å²) in [5.74, 6) is -0.486. The van der Waals surface area contributed by atoms with Crippen molar-refractivity contribution in [2.75, 3.05) is 11.4 Å². The Hall–Kier alpha value is -1.56. The maximum absolute atomic E-state index is 12.4. The molecule has 0 spiro atoms. The SMILES string of the molecule is NCc1ccc2c(c1)CCC(=O)N2CC(F)(F)F. The smallest absolute Gasteiger partial charge is 0.326 e. The predicted octanol–water partition coefficient (Wildman–Crippen LogP) is 1.99. The van der Waals surface area contributed by atoms with Gasteiger partial charge >= 0.3 is 6.18 Å². The van der Waals surface area contributed by atoms with Gasteiger partial charge in [-0.2, -0.15) is 13.2 Å². The van der Waals surface area contributed by atoms with Gasteiger partial charge in [0, 0.05) is 18.7 Å². The molecule has 0 saturated heterocycles. The molecule has 6 heteroatoms. The van der Waals surface area contributed by atoms with Crippen molar-refractivity contribution in [2.24, 2.45) is 5.73 Å². The Bertz CT molecular complexity index is 471. The number of halogens is 3. The van der Waals surface area contributed by atoms with Crippen molar-refractivity contribution in [2.45, 2.75) is 25.6 Å². The summed E-state index contributed by atoms with van der Waals surface area (Å²) in [5, 5.41) is 0. The number of hydrogen-bond donors (Lipinski definition) is 1. The fraction of sp³-hybridized carbons (Fsp3) is 0.417. The Morgan fingerprint density at radius 2 is 2.00 bits per heavy atom. The summed E-state index contributed by atoms with van der Waals surface area (Å²) in [4.78, 5) is 12.4. The summed E-state index contributed by atoms with van der Waals surface area (Å²) >= 11 is 0. The third-order valence-electron chi connectivity index (χ3n) is 2.92. The van der Waals surface area contributed by atoms with Gasteiger partial charge in [0.25, 0.3) is 0 Å². The molecule has 1 aromatic carbocycles. The number of carbonyl (C=O) groups excluding carboxylic acids is 1. The first-order valence-corrected chi connectivity index (χ1v) is 5.60. The van der Waals surface area contributed by atoms with E-state index in [0.29, 0.717) is 18.7 Å². The Balaban J connectivity index is 2.35. The lowest BCUT2D eigenvalue weighted by atomic mass is 9.98. The lowest BCUT2D eigenvalue weighted by Crippen LogP contribution is -2.41. The number of rotatable bonds is 2. The summed E-state index contributed by atoms with van der Waals surface area (Å²) < 4.78 is 37.3. The zero-order valence-electron chi connectivity index (χ0n) is 9.63. The van der Waals surface area contributed by atoms with Gasteiger partial charge in [-0.15, -0.1) is 0 Å². The van der Waals surface area contributed by atoms with Crippen LogP contribution in [0.3, 0.4) is 0 Å². The number of alkyl halides is 3. The molecule has 0 aliphatic carbocycles. The summed E-state index contributed by atoms with van der Waals surface area (Å²) in [6.07, 6.45) is -3.82. The number of hydrogen-bond acceptors (Lipinski definition) is 2. The van der Waals surface area contributed by atoms with Crippen LogP contribution in [-0.2, 0) is 17.8 Å². The number of nitrogens with two attached hydrogens (primary N) is 1. The highest BCUT2D eigenvalue weighted by molar-refractivity contribution is 5.96. The van der Waals surface area contributed by atoms with E-state index in [9.17, 15) is 18.0 Å². The molecule has 0 saturated carbocycles. The van der Waals surface area contributed by atoms with Crippen LogP contribution in [0.2, 0.25) is 0 Å². The average Bonchev–Trinajstić information content (AvgIpc) is 2.31. The van der Waals surface area contributed by atoms with Crippen molar-refractivity contribution in [3.63, 3.8) is 0 Å². The standard InChI is InChI=1S/C12H13F3N2O/c13-12(14,15)7-17-10-3-1-8(6-16)5-9(10)2-4-11(17)18/h1,3,5H,2,4,6-7,16H2. The monoisotopic (exact) mass is 258 g/mol. The molecule has 1 aliphatic heterocycles. The quantitative estimate of drug-likeness (QED) is 0.881. The zero-order valence-corrected chi connectivity index (χ0v) is 9.63. The molecule has 98 valence electrons. The molecule has 1 heterocycles. The van der Waals surface area contributed by atoms with Gasteiger partial charge in [-0.25, -0.2) is 0 Å². The average molecular weight is 258 g/mol. The number of fused-ring (bicyclic) bond motifs is 1. The largest absolute Gasteiger partial charge is 0.406 e. The number of carbonyl (C=O) groups is 1. The van der Waals surface area contributed by atoms with Crippen LogP contribution in [-0.4, -0.2) is 18.6 Å². The molecule has 2 rings (SSSR count). The van der Waals surface area contributed by atoms with Crippen LogP contribution in [0.1, 0.15) is 17.5 Å². The van der Waals surface area contributed by atoms with Crippen molar-refractivity contribution in [1.82, 2.24) is 0 Å². The van der Waals surface area contributed by atoms with Gasteiger partial charge in [-0.3, -0.25) is 4.79 Å². The fourth-order valence-electron chi connectivity index (χ4n) is 2.09. The first kappa shape index (κ1) is 12.9. The molecule has 2 N–H and O–H groups in total. The molecule has 18 heavy (non-hydrogen) atoms. The minimum atomic E-state index is -4.39. The van der Waals surface area contributed by atoms with Crippen molar-refractivity contribution < 1.29 is 18.0 Å². The van der Waals surface area contributed by atoms with Gasteiger partial charge in [0.2, 0.25) is 5.91 Å². The third-order valence-corrected chi connectivity index (χ3v) is 2.92. The minimum absolute atomic E-state index is 0.108. The molecule has 1 amide bonds. The van der Waals surface area contributed by atoms with Crippen molar-refractivity contribution in [1.29, 1.82) is 0 Å². The third kappa shape index (κ3) is 2.64. The molecule has 0 bridgehead atoms. The lowest BCUT2D eigenvalue weighted by molar-refractivity contribution is -0.132. The van der Waals surface area contributed by atoms with Crippen LogP contribution in [0.5, 0.6) is 0 Å². The molecule has 0 atom stereocenters. The van der Waals surface area contributed by atoms with Gasteiger partial charge in [-0.05, 0) is 23.6 Å². The summed E-state index contributed by atoms with van der Waals surface area (Å²) in [6.45, 7) is -0.901. The first-order valence-electron chi connectivity index (χ1n) is 5.60. The molecule has 1 aliphatic rings. The highest BCUT2D eigenvalue weighted by atomic mass is 19.4. The molecule has 1 aromatic rings. The van der Waals surface area contributed by atoms with E-state index in [4.69, 9.17) is 5.73 Å². The lowest BCUT2D eigenvalue weighted by Gasteiger charge is -2.30. The van der Waals surface area contributed by atoms with Crippen LogP contribution < -0.4 is 10.6 Å². The van der Waals surface area contributed by atoms with E-state index in [-0.39, 0.29) is 6.42 Å². The summed E-state index contributed by atoms with van der Waals surface area (Å²) in [6, 6.07) is 4.96. The van der Waals surface area contributed by atoms with Gasteiger partial charge in [0.1, 0.15) is 6.54 Å². The zero-order chi connectivity index (χ0) is 13.3. The molecular weight excluding hydrogens is 245 g/mol. The Labute approximate surface area is 102 Å². The number of amides is 1. The van der Waals surface area contributed by atoms with E-state index in [0.717, 1.165) is 16.0 Å². The van der Waals surface area contributed by atoms with E-state index in [2.05, 4.69) is 0 Å². The van der Waals surface area contributed by atoms with Crippen LogP contribution >= 0.6 is 0 Å². The van der Waals surface area contributed by atoms with E-state index in [1.54, 1.807) is 18.2 Å². The molecule has 0 unspecified atom stereocenters. The highest BCUT2D eigenvalue weighted by Crippen LogP contribution is 2.31. The van der Waals surface area contributed by atoms with Crippen molar-refractivity contribution in [3.8, 4) is 0 Å². The van der Waals surface area contributed by atoms with Crippen molar-refractivity contribution in [3.05, 3.63) is 29.3 Å². The summed E-state index contributed by atoms with van der Waals surface area (Å²) in [7, 11) is 0. The van der Waals surface area contributed by atoms with Gasteiger partial charge in [-0.1, -0.05) is 12.1 Å². The van der Waals surface area contributed by atoms with E-state index < -0.39 is 18.6 Å².